The number of pyridine rings is 1. The van der Waals surface area contributed by atoms with Crippen molar-refractivity contribution >= 4 is 23.6 Å². The smallest absolute Gasteiger partial charge is 0.412 e. The largest absolute Gasteiger partial charge is 0.444 e. The molecule has 9 heteroatoms. The van der Waals surface area contributed by atoms with E-state index in [1.807, 2.05) is 11.8 Å². The van der Waals surface area contributed by atoms with Gasteiger partial charge in [0.1, 0.15) is 11.2 Å². The number of carbonyl (C=O) groups excluding carboxylic acids is 2. The molecule has 0 spiro atoms. The van der Waals surface area contributed by atoms with Crippen LogP contribution < -0.4 is 15.5 Å². The molecule has 1 aromatic heterocycles. The van der Waals surface area contributed by atoms with E-state index in [-0.39, 0.29) is 11.8 Å². The van der Waals surface area contributed by atoms with E-state index in [9.17, 15) is 14.9 Å². The molecule has 0 unspecified atom stereocenters. The molecule has 2 N–H and O–H groups in total. The molecule has 0 radical (unpaired) electrons. The Balaban J connectivity index is 2.22. The van der Waals surface area contributed by atoms with Gasteiger partial charge < -0.3 is 19.7 Å². The van der Waals surface area contributed by atoms with Crippen molar-refractivity contribution in [2.75, 3.05) is 23.3 Å². The first-order chi connectivity index (χ1) is 14.3. The first-order valence-electron chi connectivity index (χ1n) is 10.4. The third kappa shape index (κ3) is 7.31. The van der Waals surface area contributed by atoms with Crippen molar-refractivity contribution in [1.29, 1.82) is 5.26 Å². The number of alkyl carbamates (subject to hydrolysis) is 1. The molecule has 2 amide bonds. The summed E-state index contributed by atoms with van der Waals surface area (Å²) < 4.78 is 10.7. The van der Waals surface area contributed by atoms with E-state index in [0.29, 0.717) is 18.8 Å². The molecule has 170 valence electrons. The van der Waals surface area contributed by atoms with Gasteiger partial charge in [-0.3, -0.25) is 10.3 Å². The highest BCUT2D eigenvalue weighted by atomic mass is 16.6. The number of nitriles is 1. The van der Waals surface area contributed by atoms with Crippen LogP contribution in [0.1, 0.15) is 48.5 Å². The van der Waals surface area contributed by atoms with Crippen LogP contribution in [0.25, 0.3) is 0 Å². The van der Waals surface area contributed by atoms with Crippen molar-refractivity contribution in [3.8, 4) is 6.07 Å². The second-order valence-electron chi connectivity index (χ2n) is 9.81. The zero-order valence-corrected chi connectivity index (χ0v) is 19.4. The van der Waals surface area contributed by atoms with Crippen LogP contribution in [0, 0.1) is 23.2 Å². The van der Waals surface area contributed by atoms with Crippen LogP contribution >= 0.6 is 0 Å². The van der Waals surface area contributed by atoms with Crippen LogP contribution in [0.2, 0.25) is 0 Å². The lowest BCUT2D eigenvalue weighted by atomic mass is 9.84. The molecular weight excluding hydrogens is 398 g/mol. The maximum atomic E-state index is 12.3. The molecule has 3 atom stereocenters. The van der Waals surface area contributed by atoms with Crippen LogP contribution in [-0.2, 0) is 9.47 Å². The summed E-state index contributed by atoms with van der Waals surface area (Å²) in [4.78, 5) is 30.7. The number of anilines is 2. The second-order valence-corrected chi connectivity index (χ2v) is 9.81. The van der Waals surface area contributed by atoms with Gasteiger partial charge in [-0.2, -0.15) is 5.26 Å². The Morgan fingerprint density at radius 2 is 1.74 bits per heavy atom. The molecule has 0 saturated carbocycles. The number of piperidine rings is 1. The number of carbonyl (C=O) groups is 2. The van der Waals surface area contributed by atoms with Gasteiger partial charge in [0.25, 0.3) is 0 Å². The highest BCUT2D eigenvalue weighted by molar-refractivity contribution is 5.89. The van der Waals surface area contributed by atoms with E-state index in [1.165, 1.54) is 0 Å². The fourth-order valence-corrected chi connectivity index (χ4v) is 3.46. The SMILES string of the molecule is C[C@H]1CN(c2ccncc2NC(=O)OC(C)(C)C)C[C@@H](NC(=O)OC(C)(C)C)[C@H]1C#N. The number of hydrogen-bond acceptors (Lipinski definition) is 7. The Hall–Kier alpha value is -3.02. The molecular formula is C22H33N5O4. The molecule has 1 aliphatic rings. The minimum absolute atomic E-state index is 0.0266. The summed E-state index contributed by atoms with van der Waals surface area (Å²) in [6.45, 7) is 13.7. The molecule has 1 aromatic rings. The number of hydrogen-bond donors (Lipinski definition) is 2. The summed E-state index contributed by atoms with van der Waals surface area (Å²) in [6, 6.07) is 3.67. The summed E-state index contributed by atoms with van der Waals surface area (Å²) in [6.07, 6.45) is 2.04. The zero-order chi connectivity index (χ0) is 23.4. The fraction of sp³-hybridized carbons (Fsp3) is 0.636. The summed E-state index contributed by atoms with van der Waals surface area (Å²) in [7, 11) is 0. The van der Waals surface area contributed by atoms with E-state index < -0.39 is 29.4 Å². The van der Waals surface area contributed by atoms with E-state index >= 15 is 0 Å². The van der Waals surface area contributed by atoms with Gasteiger partial charge in [0.2, 0.25) is 0 Å². The van der Waals surface area contributed by atoms with Crippen LogP contribution in [-0.4, -0.2) is 47.5 Å². The zero-order valence-electron chi connectivity index (χ0n) is 19.4. The number of amides is 2. The first kappa shape index (κ1) is 24.3. The Labute approximate surface area is 184 Å². The van der Waals surface area contributed by atoms with Crippen molar-refractivity contribution in [1.82, 2.24) is 10.3 Å². The number of nitrogens with one attached hydrogen (secondary N) is 2. The van der Waals surface area contributed by atoms with Gasteiger partial charge in [0, 0.05) is 19.3 Å². The van der Waals surface area contributed by atoms with Crippen molar-refractivity contribution in [3.05, 3.63) is 18.5 Å². The predicted molar refractivity (Wildman–Crippen MR) is 118 cm³/mol. The second kappa shape index (κ2) is 9.41. The van der Waals surface area contributed by atoms with E-state index in [1.54, 1.807) is 60.0 Å². The van der Waals surface area contributed by atoms with Crippen LogP contribution in [0.5, 0.6) is 0 Å². The maximum absolute atomic E-state index is 12.3. The average molecular weight is 432 g/mol. The Morgan fingerprint density at radius 1 is 1.13 bits per heavy atom. The van der Waals surface area contributed by atoms with Crippen LogP contribution in [0.15, 0.2) is 18.5 Å². The molecule has 1 saturated heterocycles. The van der Waals surface area contributed by atoms with Gasteiger partial charge in [-0.25, -0.2) is 9.59 Å². The van der Waals surface area contributed by atoms with E-state index in [4.69, 9.17) is 9.47 Å². The summed E-state index contributed by atoms with van der Waals surface area (Å²) in [5.74, 6) is -0.394. The first-order valence-corrected chi connectivity index (χ1v) is 10.4. The molecule has 9 nitrogen and oxygen atoms in total. The lowest BCUT2D eigenvalue weighted by Crippen LogP contribution is -2.56. The van der Waals surface area contributed by atoms with Gasteiger partial charge in [0.05, 0.1) is 35.6 Å². The minimum Gasteiger partial charge on any atom is -0.444 e. The van der Waals surface area contributed by atoms with Crippen molar-refractivity contribution in [2.24, 2.45) is 11.8 Å². The fourth-order valence-electron chi connectivity index (χ4n) is 3.46. The standard InChI is InChI=1S/C22H33N5O4/c1-14-12-27(13-17(15(14)10-23)26-20(29)31-22(5,6)7)18-8-9-24-11-16(18)25-19(28)30-21(2,3)4/h8-9,11,14-15,17H,12-13H2,1-7H3,(H,25,28)(H,26,29)/t14-,15-,17+/m0/s1. The number of rotatable bonds is 3. The monoisotopic (exact) mass is 431 g/mol. The third-order valence-corrected chi connectivity index (χ3v) is 4.60. The molecule has 1 aliphatic heterocycles. The number of nitrogens with zero attached hydrogens (tertiary/aromatic N) is 3. The maximum Gasteiger partial charge on any atom is 0.412 e. The lowest BCUT2D eigenvalue weighted by Gasteiger charge is -2.41. The topological polar surface area (TPSA) is 117 Å². The van der Waals surface area contributed by atoms with E-state index in [2.05, 4.69) is 21.7 Å². The Bertz CT molecular complexity index is 838. The Kier molecular flexibility index (Phi) is 7.37. The lowest BCUT2D eigenvalue weighted by molar-refractivity contribution is 0.0480. The van der Waals surface area contributed by atoms with Gasteiger partial charge in [-0.05, 0) is 53.5 Å². The van der Waals surface area contributed by atoms with Crippen LogP contribution in [0.4, 0.5) is 21.0 Å². The Morgan fingerprint density at radius 3 is 2.32 bits per heavy atom. The molecule has 2 heterocycles. The number of ether oxygens (including phenoxy) is 2. The van der Waals surface area contributed by atoms with Crippen molar-refractivity contribution < 1.29 is 19.1 Å². The quantitative estimate of drug-likeness (QED) is 0.745. The third-order valence-electron chi connectivity index (χ3n) is 4.60. The molecule has 31 heavy (non-hydrogen) atoms. The van der Waals surface area contributed by atoms with Gasteiger partial charge in [-0.1, -0.05) is 6.92 Å². The van der Waals surface area contributed by atoms with Gasteiger partial charge in [0.15, 0.2) is 0 Å². The summed E-state index contributed by atoms with van der Waals surface area (Å²) >= 11 is 0. The van der Waals surface area contributed by atoms with Crippen molar-refractivity contribution in [3.63, 3.8) is 0 Å². The minimum atomic E-state index is -0.637. The number of aromatic nitrogens is 1. The van der Waals surface area contributed by atoms with Gasteiger partial charge >= 0.3 is 12.2 Å². The molecule has 1 fully saturated rings. The molecule has 0 aromatic carbocycles. The molecule has 2 rings (SSSR count). The van der Waals surface area contributed by atoms with Crippen molar-refractivity contribution in [2.45, 2.75) is 65.7 Å². The predicted octanol–water partition coefficient (Wildman–Crippen LogP) is 3.92. The average Bonchev–Trinajstić information content (AvgIpc) is 2.58. The van der Waals surface area contributed by atoms with Gasteiger partial charge in [-0.15, -0.1) is 0 Å². The van der Waals surface area contributed by atoms with Crippen LogP contribution in [0.3, 0.4) is 0 Å². The highest BCUT2D eigenvalue weighted by Gasteiger charge is 2.37. The molecule has 0 bridgehead atoms. The van der Waals surface area contributed by atoms with E-state index in [0.717, 1.165) is 5.69 Å². The molecule has 0 aliphatic carbocycles. The normalized spacial score (nSPS) is 21.6. The summed E-state index contributed by atoms with van der Waals surface area (Å²) in [5.41, 5.74) is -0.0356. The summed E-state index contributed by atoms with van der Waals surface area (Å²) in [5, 5.41) is 15.3. The highest BCUT2D eigenvalue weighted by Crippen LogP contribution is 2.32.